The van der Waals surface area contributed by atoms with Crippen LogP contribution < -0.4 is 16.4 Å². The Balaban J connectivity index is 1.37. The fraction of sp³-hybridized carbons (Fsp3) is 0.889. The third-order valence-electron chi connectivity index (χ3n) is 5.90. The first kappa shape index (κ1) is 17.5. The van der Waals surface area contributed by atoms with E-state index in [2.05, 4.69) is 10.6 Å². The van der Waals surface area contributed by atoms with Crippen molar-refractivity contribution in [3.63, 3.8) is 0 Å². The van der Waals surface area contributed by atoms with Crippen LogP contribution in [0.5, 0.6) is 0 Å². The molecular weight excluding hydrogens is 304 g/mol. The molecule has 3 fully saturated rings. The van der Waals surface area contributed by atoms with Crippen molar-refractivity contribution in [2.45, 2.75) is 82.3 Å². The summed E-state index contributed by atoms with van der Waals surface area (Å²) in [5.74, 6) is 0.396. The molecule has 1 saturated heterocycles. The molecular formula is C18H32N4O2. The lowest BCUT2D eigenvalue weighted by molar-refractivity contribution is -0.136. The molecule has 2 atom stereocenters. The van der Waals surface area contributed by atoms with Crippen LogP contribution in [0.2, 0.25) is 0 Å². The van der Waals surface area contributed by atoms with Gasteiger partial charge in [0.2, 0.25) is 5.91 Å². The number of hydrogen-bond donors (Lipinski definition) is 3. The quantitative estimate of drug-likeness (QED) is 0.733. The summed E-state index contributed by atoms with van der Waals surface area (Å²) in [5, 5.41) is 6.20. The van der Waals surface area contributed by atoms with Crippen molar-refractivity contribution in [2.24, 2.45) is 11.7 Å². The summed E-state index contributed by atoms with van der Waals surface area (Å²) in [4.78, 5) is 26.6. The maximum absolute atomic E-state index is 12.5. The summed E-state index contributed by atoms with van der Waals surface area (Å²) in [7, 11) is 0. The lowest BCUT2D eigenvalue weighted by atomic mass is 9.96. The zero-order valence-electron chi connectivity index (χ0n) is 14.6. The molecule has 4 N–H and O–H groups in total. The van der Waals surface area contributed by atoms with E-state index in [-0.39, 0.29) is 29.9 Å². The van der Waals surface area contributed by atoms with Crippen LogP contribution in [-0.2, 0) is 4.79 Å². The number of urea groups is 1. The number of piperidine rings is 1. The van der Waals surface area contributed by atoms with Crippen molar-refractivity contribution in [3.05, 3.63) is 0 Å². The smallest absolute Gasteiger partial charge is 0.315 e. The van der Waals surface area contributed by atoms with Crippen LogP contribution in [0.4, 0.5) is 4.79 Å². The standard InChI is InChI=1S/C18H32N4O2/c19-14-7-6-13(12-14)17(23)22-10-8-16(9-11-22)21-18(24)20-15-4-2-1-3-5-15/h13-16H,1-12,19H2,(H2,20,21,24). The van der Waals surface area contributed by atoms with E-state index in [4.69, 9.17) is 5.73 Å². The van der Waals surface area contributed by atoms with Crippen molar-refractivity contribution in [1.29, 1.82) is 0 Å². The van der Waals surface area contributed by atoms with Crippen molar-refractivity contribution in [2.75, 3.05) is 13.1 Å². The molecule has 0 spiro atoms. The van der Waals surface area contributed by atoms with Gasteiger partial charge in [0.15, 0.2) is 0 Å². The minimum absolute atomic E-state index is 0.0338. The lowest BCUT2D eigenvalue weighted by Crippen LogP contribution is -2.51. The van der Waals surface area contributed by atoms with E-state index in [0.717, 1.165) is 58.0 Å². The zero-order chi connectivity index (χ0) is 16.9. The van der Waals surface area contributed by atoms with Crippen LogP contribution in [0, 0.1) is 5.92 Å². The average Bonchev–Trinajstić information content (AvgIpc) is 3.02. The average molecular weight is 336 g/mol. The van der Waals surface area contributed by atoms with Crippen LogP contribution in [0.25, 0.3) is 0 Å². The van der Waals surface area contributed by atoms with Crippen LogP contribution in [0.15, 0.2) is 0 Å². The van der Waals surface area contributed by atoms with Gasteiger partial charge in [-0.1, -0.05) is 19.3 Å². The van der Waals surface area contributed by atoms with Gasteiger partial charge in [0.25, 0.3) is 0 Å². The van der Waals surface area contributed by atoms with Crippen LogP contribution >= 0.6 is 0 Å². The fourth-order valence-corrected chi connectivity index (χ4v) is 4.40. The first-order valence-electron chi connectivity index (χ1n) is 9.73. The Morgan fingerprint density at radius 2 is 1.46 bits per heavy atom. The van der Waals surface area contributed by atoms with E-state index in [1.54, 1.807) is 0 Å². The van der Waals surface area contributed by atoms with Gasteiger partial charge < -0.3 is 21.3 Å². The summed E-state index contributed by atoms with van der Waals surface area (Å²) in [5.41, 5.74) is 5.92. The predicted molar refractivity (Wildman–Crippen MR) is 93.5 cm³/mol. The molecule has 3 amide bonds. The van der Waals surface area contributed by atoms with Gasteiger partial charge in [0.05, 0.1) is 0 Å². The SMILES string of the molecule is NC1CCC(C(=O)N2CCC(NC(=O)NC3CCCCC3)CC2)C1. The molecule has 0 aromatic carbocycles. The molecule has 0 radical (unpaired) electrons. The van der Waals surface area contributed by atoms with Crippen LogP contribution in [-0.4, -0.2) is 48.1 Å². The molecule has 1 aliphatic heterocycles. The summed E-state index contributed by atoms with van der Waals surface area (Å²) in [6.45, 7) is 1.50. The molecule has 136 valence electrons. The number of carbonyl (C=O) groups excluding carboxylic acids is 2. The number of likely N-dealkylation sites (tertiary alicyclic amines) is 1. The van der Waals surface area contributed by atoms with Gasteiger partial charge >= 0.3 is 6.03 Å². The van der Waals surface area contributed by atoms with Gasteiger partial charge in [-0.15, -0.1) is 0 Å². The van der Waals surface area contributed by atoms with E-state index >= 15 is 0 Å². The molecule has 1 heterocycles. The Morgan fingerprint density at radius 3 is 2.04 bits per heavy atom. The van der Waals surface area contributed by atoms with E-state index in [1.165, 1.54) is 19.3 Å². The second-order valence-corrected chi connectivity index (χ2v) is 7.82. The van der Waals surface area contributed by atoms with Gasteiger partial charge in [-0.2, -0.15) is 0 Å². The zero-order valence-corrected chi connectivity index (χ0v) is 14.6. The molecule has 6 nitrogen and oxygen atoms in total. The Morgan fingerprint density at radius 1 is 0.833 bits per heavy atom. The molecule has 24 heavy (non-hydrogen) atoms. The van der Waals surface area contributed by atoms with E-state index in [0.29, 0.717) is 6.04 Å². The Labute approximate surface area is 144 Å². The Hall–Kier alpha value is -1.30. The highest BCUT2D eigenvalue weighted by Crippen LogP contribution is 2.27. The third kappa shape index (κ3) is 4.62. The molecule has 0 bridgehead atoms. The minimum atomic E-state index is -0.0338. The highest BCUT2D eigenvalue weighted by molar-refractivity contribution is 5.79. The highest BCUT2D eigenvalue weighted by atomic mass is 16.2. The summed E-state index contributed by atoms with van der Waals surface area (Å²) < 4.78 is 0. The third-order valence-corrected chi connectivity index (χ3v) is 5.90. The molecule has 6 heteroatoms. The largest absolute Gasteiger partial charge is 0.342 e. The van der Waals surface area contributed by atoms with Crippen molar-refractivity contribution in [1.82, 2.24) is 15.5 Å². The van der Waals surface area contributed by atoms with E-state index < -0.39 is 0 Å². The van der Waals surface area contributed by atoms with E-state index in [1.807, 2.05) is 4.90 Å². The monoisotopic (exact) mass is 336 g/mol. The second kappa shape index (κ2) is 8.19. The van der Waals surface area contributed by atoms with Gasteiger partial charge in [-0.3, -0.25) is 4.79 Å². The van der Waals surface area contributed by atoms with Crippen LogP contribution in [0.1, 0.15) is 64.2 Å². The number of rotatable bonds is 3. The maximum atomic E-state index is 12.5. The van der Waals surface area contributed by atoms with E-state index in [9.17, 15) is 9.59 Å². The van der Waals surface area contributed by atoms with Gasteiger partial charge in [0.1, 0.15) is 0 Å². The number of carbonyl (C=O) groups is 2. The molecule has 0 aromatic heterocycles. The molecule has 2 saturated carbocycles. The molecule has 0 aromatic rings. The summed E-state index contributed by atoms with van der Waals surface area (Å²) in [6.07, 6.45) is 10.4. The molecule has 2 aliphatic carbocycles. The number of nitrogens with two attached hydrogens (primary N) is 1. The van der Waals surface area contributed by atoms with Crippen molar-refractivity contribution >= 4 is 11.9 Å². The first-order chi connectivity index (χ1) is 11.6. The first-order valence-corrected chi connectivity index (χ1v) is 9.73. The Kier molecular flexibility index (Phi) is 5.98. The fourth-order valence-electron chi connectivity index (χ4n) is 4.40. The Bertz CT molecular complexity index is 442. The number of nitrogens with zero attached hydrogens (tertiary/aromatic N) is 1. The predicted octanol–water partition coefficient (Wildman–Crippen LogP) is 1.74. The summed E-state index contributed by atoms with van der Waals surface area (Å²) >= 11 is 0. The van der Waals surface area contributed by atoms with Gasteiger partial charge in [-0.25, -0.2) is 4.79 Å². The topological polar surface area (TPSA) is 87.5 Å². The summed E-state index contributed by atoms with van der Waals surface area (Å²) in [6, 6.07) is 0.686. The van der Waals surface area contributed by atoms with Gasteiger partial charge in [0, 0.05) is 37.1 Å². The lowest BCUT2D eigenvalue weighted by Gasteiger charge is -2.34. The molecule has 2 unspecified atom stereocenters. The second-order valence-electron chi connectivity index (χ2n) is 7.82. The van der Waals surface area contributed by atoms with Gasteiger partial charge in [-0.05, 0) is 44.9 Å². The highest BCUT2D eigenvalue weighted by Gasteiger charge is 2.33. The minimum Gasteiger partial charge on any atom is -0.342 e. The molecule has 3 aliphatic rings. The van der Waals surface area contributed by atoms with Crippen LogP contribution in [0.3, 0.4) is 0 Å². The molecule has 3 rings (SSSR count). The van der Waals surface area contributed by atoms with Crippen molar-refractivity contribution in [3.8, 4) is 0 Å². The number of nitrogens with one attached hydrogen (secondary N) is 2. The number of amides is 3. The van der Waals surface area contributed by atoms with Crippen molar-refractivity contribution < 1.29 is 9.59 Å². The normalized spacial score (nSPS) is 29.5. The maximum Gasteiger partial charge on any atom is 0.315 e. The number of hydrogen-bond acceptors (Lipinski definition) is 3.